The highest BCUT2D eigenvalue weighted by molar-refractivity contribution is 6.33. The highest BCUT2D eigenvalue weighted by Gasteiger charge is 2.15. The molecule has 0 spiro atoms. The van der Waals surface area contributed by atoms with Crippen molar-refractivity contribution in [2.45, 2.75) is 20.4 Å². The molecule has 0 fully saturated rings. The molecule has 7 heteroatoms. The number of methoxy groups -OCH3 is 1. The van der Waals surface area contributed by atoms with E-state index in [2.05, 4.69) is 15.4 Å². The number of ether oxygens (including phenoxy) is 1. The third kappa shape index (κ3) is 3.86. The fourth-order valence-corrected chi connectivity index (χ4v) is 2.81. The molecular weight excluding hydrogens is 352 g/mol. The van der Waals surface area contributed by atoms with Crippen molar-refractivity contribution in [2.75, 3.05) is 7.11 Å². The normalized spacial score (nSPS) is 10.6. The maximum Gasteiger partial charge on any atom is 0.271 e. The van der Waals surface area contributed by atoms with Gasteiger partial charge in [-0.2, -0.15) is 5.10 Å². The predicted molar refractivity (Wildman–Crippen MR) is 100 cm³/mol. The van der Waals surface area contributed by atoms with Crippen molar-refractivity contribution in [3.63, 3.8) is 0 Å². The summed E-state index contributed by atoms with van der Waals surface area (Å²) in [6.07, 6.45) is 0. The molecule has 1 amide bonds. The van der Waals surface area contributed by atoms with Gasteiger partial charge in [0.05, 0.1) is 17.8 Å². The number of pyridine rings is 1. The standard InChI is InChI=1S/C19H19ClN4O2/c1-12-9-13(2)24(23-12)17-8-7-16(20)18(22-17)19(25)21-11-14-5-4-6-15(10-14)26-3/h4-10H,11H2,1-3H3,(H,21,25). The molecule has 0 atom stereocenters. The van der Waals surface area contributed by atoms with Crippen LogP contribution in [0.15, 0.2) is 42.5 Å². The van der Waals surface area contributed by atoms with Crippen LogP contribution in [0.1, 0.15) is 27.4 Å². The molecule has 1 N–H and O–H groups in total. The SMILES string of the molecule is COc1cccc(CNC(=O)c2nc(-n3nc(C)cc3C)ccc2Cl)c1. The van der Waals surface area contributed by atoms with Gasteiger partial charge in [-0.1, -0.05) is 23.7 Å². The first-order valence-electron chi connectivity index (χ1n) is 8.09. The van der Waals surface area contributed by atoms with Gasteiger partial charge in [-0.25, -0.2) is 9.67 Å². The average molecular weight is 371 g/mol. The minimum absolute atomic E-state index is 0.166. The minimum Gasteiger partial charge on any atom is -0.497 e. The molecule has 134 valence electrons. The number of carbonyl (C=O) groups excluding carboxylic acids is 1. The van der Waals surface area contributed by atoms with Crippen LogP contribution in [0.3, 0.4) is 0 Å². The summed E-state index contributed by atoms with van der Waals surface area (Å²) in [6.45, 7) is 4.18. The predicted octanol–water partition coefficient (Wildman–Crippen LogP) is 3.48. The fourth-order valence-electron chi connectivity index (χ4n) is 2.62. The van der Waals surface area contributed by atoms with Crippen molar-refractivity contribution in [1.29, 1.82) is 0 Å². The summed E-state index contributed by atoms with van der Waals surface area (Å²) in [5, 5.41) is 7.51. The number of halogens is 1. The minimum atomic E-state index is -0.346. The number of rotatable bonds is 5. The molecule has 3 aromatic rings. The molecule has 2 heterocycles. The van der Waals surface area contributed by atoms with E-state index in [0.29, 0.717) is 17.4 Å². The van der Waals surface area contributed by atoms with Gasteiger partial charge in [0.25, 0.3) is 5.91 Å². The summed E-state index contributed by atoms with van der Waals surface area (Å²) >= 11 is 6.18. The van der Waals surface area contributed by atoms with E-state index in [4.69, 9.17) is 16.3 Å². The third-order valence-corrected chi connectivity index (χ3v) is 4.17. The number of hydrogen-bond acceptors (Lipinski definition) is 4. The van der Waals surface area contributed by atoms with Crippen molar-refractivity contribution >= 4 is 17.5 Å². The molecule has 0 saturated carbocycles. The highest BCUT2D eigenvalue weighted by Crippen LogP contribution is 2.18. The quantitative estimate of drug-likeness (QED) is 0.746. The van der Waals surface area contributed by atoms with Crippen LogP contribution >= 0.6 is 11.6 Å². The number of aryl methyl sites for hydroxylation is 2. The van der Waals surface area contributed by atoms with Gasteiger partial charge in [0.15, 0.2) is 5.82 Å². The smallest absolute Gasteiger partial charge is 0.271 e. The molecule has 3 rings (SSSR count). The van der Waals surface area contributed by atoms with Crippen LogP contribution in [0.2, 0.25) is 5.02 Å². The Morgan fingerprint density at radius 2 is 2.04 bits per heavy atom. The van der Waals surface area contributed by atoms with Gasteiger partial charge in [0.2, 0.25) is 0 Å². The molecule has 0 aliphatic heterocycles. The molecule has 1 aromatic carbocycles. The first kappa shape index (κ1) is 17.9. The van der Waals surface area contributed by atoms with Crippen LogP contribution < -0.4 is 10.1 Å². The second-order valence-corrected chi connectivity index (χ2v) is 6.28. The van der Waals surface area contributed by atoms with E-state index in [1.165, 1.54) is 0 Å². The van der Waals surface area contributed by atoms with E-state index in [1.54, 1.807) is 23.9 Å². The van der Waals surface area contributed by atoms with Crippen LogP contribution in [-0.4, -0.2) is 27.8 Å². The van der Waals surface area contributed by atoms with Gasteiger partial charge < -0.3 is 10.1 Å². The van der Waals surface area contributed by atoms with E-state index < -0.39 is 0 Å². The molecule has 0 radical (unpaired) electrons. The van der Waals surface area contributed by atoms with Gasteiger partial charge >= 0.3 is 0 Å². The Hall–Kier alpha value is -2.86. The van der Waals surface area contributed by atoms with Gasteiger partial charge in [0, 0.05) is 12.2 Å². The number of carbonyl (C=O) groups is 1. The Bertz CT molecular complexity index is 952. The summed E-state index contributed by atoms with van der Waals surface area (Å²) in [7, 11) is 1.60. The van der Waals surface area contributed by atoms with Crippen molar-refractivity contribution < 1.29 is 9.53 Å². The summed E-state index contributed by atoms with van der Waals surface area (Å²) in [6, 6.07) is 12.8. The Morgan fingerprint density at radius 3 is 2.73 bits per heavy atom. The van der Waals surface area contributed by atoms with Crippen LogP contribution in [0.25, 0.3) is 5.82 Å². The number of benzene rings is 1. The van der Waals surface area contributed by atoms with E-state index in [-0.39, 0.29) is 11.6 Å². The summed E-state index contributed by atoms with van der Waals surface area (Å²) in [5.74, 6) is 0.937. The zero-order valence-corrected chi connectivity index (χ0v) is 15.5. The van der Waals surface area contributed by atoms with Gasteiger partial charge in [0.1, 0.15) is 11.4 Å². The summed E-state index contributed by atoms with van der Waals surface area (Å²) in [4.78, 5) is 16.9. The van der Waals surface area contributed by atoms with Gasteiger partial charge in [-0.15, -0.1) is 0 Å². The molecule has 2 aromatic heterocycles. The van der Waals surface area contributed by atoms with Crippen molar-refractivity contribution in [1.82, 2.24) is 20.1 Å². The second-order valence-electron chi connectivity index (χ2n) is 5.87. The second kappa shape index (κ2) is 7.58. The van der Waals surface area contributed by atoms with Crippen LogP contribution in [-0.2, 0) is 6.54 Å². The number of amides is 1. The molecular formula is C19H19ClN4O2. The molecule has 0 bridgehead atoms. The topological polar surface area (TPSA) is 69.0 Å². The Kier molecular flexibility index (Phi) is 5.23. The molecule has 6 nitrogen and oxygen atoms in total. The van der Waals surface area contributed by atoms with E-state index in [0.717, 1.165) is 22.7 Å². The first-order valence-corrected chi connectivity index (χ1v) is 8.47. The number of hydrogen-bond donors (Lipinski definition) is 1. The lowest BCUT2D eigenvalue weighted by Crippen LogP contribution is -2.24. The third-order valence-electron chi connectivity index (χ3n) is 3.86. The maximum absolute atomic E-state index is 12.5. The van der Waals surface area contributed by atoms with Gasteiger partial charge in [-0.3, -0.25) is 4.79 Å². The molecule has 0 aliphatic rings. The van der Waals surface area contributed by atoms with Crippen molar-refractivity contribution in [2.24, 2.45) is 0 Å². The van der Waals surface area contributed by atoms with Crippen LogP contribution in [0, 0.1) is 13.8 Å². The summed E-state index contributed by atoms with van der Waals surface area (Å²) < 4.78 is 6.87. The number of nitrogens with one attached hydrogen (secondary N) is 1. The Balaban J connectivity index is 1.80. The monoisotopic (exact) mass is 370 g/mol. The zero-order valence-electron chi connectivity index (χ0n) is 14.8. The van der Waals surface area contributed by atoms with Crippen LogP contribution in [0.4, 0.5) is 0 Å². The maximum atomic E-state index is 12.5. The lowest BCUT2D eigenvalue weighted by Gasteiger charge is -2.10. The number of aromatic nitrogens is 3. The lowest BCUT2D eigenvalue weighted by molar-refractivity contribution is 0.0946. The highest BCUT2D eigenvalue weighted by atomic mass is 35.5. The molecule has 0 saturated heterocycles. The molecule has 26 heavy (non-hydrogen) atoms. The van der Waals surface area contributed by atoms with Crippen molar-refractivity contribution in [3.05, 3.63) is 70.1 Å². The van der Waals surface area contributed by atoms with E-state index in [1.807, 2.05) is 44.2 Å². The van der Waals surface area contributed by atoms with E-state index >= 15 is 0 Å². The summed E-state index contributed by atoms with van der Waals surface area (Å²) in [5.41, 5.74) is 2.89. The molecule has 0 unspecified atom stereocenters. The lowest BCUT2D eigenvalue weighted by atomic mass is 10.2. The average Bonchev–Trinajstić information content (AvgIpc) is 2.98. The van der Waals surface area contributed by atoms with Crippen LogP contribution in [0.5, 0.6) is 5.75 Å². The largest absolute Gasteiger partial charge is 0.497 e. The fraction of sp³-hybridized carbons (Fsp3) is 0.211. The van der Waals surface area contributed by atoms with Gasteiger partial charge in [-0.05, 0) is 49.7 Å². The molecule has 0 aliphatic carbocycles. The van der Waals surface area contributed by atoms with Crippen molar-refractivity contribution in [3.8, 4) is 11.6 Å². The zero-order chi connectivity index (χ0) is 18.7. The number of nitrogens with zero attached hydrogens (tertiary/aromatic N) is 3. The Morgan fingerprint density at radius 1 is 1.23 bits per heavy atom. The first-order chi connectivity index (χ1) is 12.5. The van der Waals surface area contributed by atoms with E-state index in [9.17, 15) is 4.79 Å². The Labute approximate surface area is 156 Å².